The number of nitrogens with zero attached hydrogens (tertiary/aromatic N) is 3. The van der Waals surface area contributed by atoms with E-state index in [0.29, 0.717) is 12.0 Å². The van der Waals surface area contributed by atoms with E-state index in [2.05, 4.69) is 4.98 Å². The van der Waals surface area contributed by atoms with Crippen molar-refractivity contribution in [2.45, 2.75) is 25.7 Å². The van der Waals surface area contributed by atoms with E-state index >= 15 is 0 Å². The summed E-state index contributed by atoms with van der Waals surface area (Å²) in [5.41, 5.74) is 2.55. The Balaban J connectivity index is 1.39. The number of carbonyl (C=O) groups is 2. The van der Waals surface area contributed by atoms with Gasteiger partial charge in [-0.2, -0.15) is 0 Å². The van der Waals surface area contributed by atoms with Gasteiger partial charge in [0.1, 0.15) is 0 Å². The fourth-order valence-corrected chi connectivity index (χ4v) is 3.85. The van der Waals surface area contributed by atoms with Gasteiger partial charge in [-0.1, -0.05) is 18.2 Å². The molecular weight excluding hydrogens is 326 g/mol. The van der Waals surface area contributed by atoms with Crippen LogP contribution in [0.1, 0.15) is 35.3 Å². The molecule has 2 aliphatic rings. The standard InChI is InChI=1S/C21H23N3O2/c25-20-13-16(15-24(20)19-6-2-1-3-7-19)12-18-9-8-17(14-22-18)21(26)23-10-4-5-11-23/h1-3,6-9,14,16H,4-5,10-13,15H2/t16-/m0/s1. The van der Waals surface area contributed by atoms with E-state index in [4.69, 9.17) is 0 Å². The first-order valence-electron chi connectivity index (χ1n) is 9.30. The van der Waals surface area contributed by atoms with E-state index in [9.17, 15) is 9.59 Å². The Kier molecular flexibility index (Phi) is 4.69. The first kappa shape index (κ1) is 16.8. The van der Waals surface area contributed by atoms with Gasteiger partial charge >= 0.3 is 0 Å². The molecule has 0 unspecified atom stereocenters. The molecule has 2 fully saturated rings. The average Bonchev–Trinajstić information content (AvgIpc) is 3.32. The van der Waals surface area contributed by atoms with Crippen LogP contribution in [0.25, 0.3) is 0 Å². The highest BCUT2D eigenvalue weighted by atomic mass is 16.2. The molecule has 5 heteroatoms. The summed E-state index contributed by atoms with van der Waals surface area (Å²) in [4.78, 5) is 32.9. The largest absolute Gasteiger partial charge is 0.339 e. The number of pyridine rings is 1. The van der Waals surface area contributed by atoms with Gasteiger partial charge in [0, 0.05) is 43.6 Å². The lowest BCUT2D eigenvalue weighted by Gasteiger charge is -2.17. The van der Waals surface area contributed by atoms with Gasteiger partial charge in [0.25, 0.3) is 5.91 Å². The smallest absolute Gasteiger partial charge is 0.255 e. The second kappa shape index (κ2) is 7.28. The van der Waals surface area contributed by atoms with E-state index in [1.807, 2.05) is 52.3 Å². The van der Waals surface area contributed by atoms with Gasteiger partial charge in [0.15, 0.2) is 0 Å². The van der Waals surface area contributed by atoms with Gasteiger partial charge < -0.3 is 9.80 Å². The lowest BCUT2D eigenvalue weighted by atomic mass is 10.0. The van der Waals surface area contributed by atoms with Crippen molar-refractivity contribution < 1.29 is 9.59 Å². The molecule has 0 bridgehead atoms. The van der Waals surface area contributed by atoms with E-state index in [1.54, 1.807) is 6.20 Å². The van der Waals surface area contributed by atoms with Gasteiger partial charge in [0.05, 0.1) is 5.56 Å². The minimum absolute atomic E-state index is 0.0767. The molecule has 2 aromatic rings. The summed E-state index contributed by atoms with van der Waals surface area (Å²) in [6.07, 6.45) is 5.16. The molecule has 134 valence electrons. The lowest BCUT2D eigenvalue weighted by Crippen LogP contribution is -2.27. The van der Waals surface area contributed by atoms with Crippen molar-refractivity contribution in [2.75, 3.05) is 24.5 Å². The summed E-state index contributed by atoms with van der Waals surface area (Å²) in [6.45, 7) is 2.42. The molecule has 0 radical (unpaired) electrons. The first-order valence-corrected chi connectivity index (χ1v) is 9.30. The van der Waals surface area contributed by atoms with E-state index in [0.717, 1.165) is 50.3 Å². The number of benzene rings is 1. The number of aromatic nitrogens is 1. The van der Waals surface area contributed by atoms with Crippen molar-refractivity contribution in [1.29, 1.82) is 0 Å². The van der Waals surface area contributed by atoms with Crippen LogP contribution in [0.4, 0.5) is 5.69 Å². The molecule has 1 aromatic heterocycles. The molecule has 3 heterocycles. The van der Waals surface area contributed by atoms with E-state index in [1.165, 1.54) is 0 Å². The molecule has 0 aliphatic carbocycles. The summed E-state index contributed by atoms with van der Waals surface area (Å²) in [5.74, 6) is 0.505. The quantitative estimate of drug-likeness (QED) is 0.853. The Morgan fingerprint density at radius 3 is 2.54 bits per heavy atom. The Hall–Kier alpha value is -2.69. The minimum atomic E-state index is 0.0767. The fourth-order valence-electron chi connectivity index (χ4n) is 3.85. The highest BCUT2D eigenvalue weighted by Crippen LogP contribution is 2.26. The molecule has 0 saturated carbocycles. The Bertz CT molecular complexity index is 783. The van der Waals surface area contributed by atoms with Crippen LogP contribution in [0.5, 0.6) is 0 Å². The molecule has 26 heavy (non-hydrogen) atoms. The van der Waals surface area contributed by atoms with E-state index in [-0.39, 0.29) is 17.7 Å². The monoisotopic (exact) mass is 349 g/mol. The third kappa shape index (κ3) is 3.47. The number of likely N-dealkylation sites (tertiary alicyclic amines) is 1. The second-order valence-electron chi connectivity index (χ2n) is 7.15. The van der Waals surface area contributed by atoms with Gasteiger partial charge in [-0.15, -0.1) is 0 Å². The van der Waals surface area contributed by atoms with Crippen LogP contribution in [0.2, 0.25) is 0 Å². The molecule has 0 spiro atoms. The van der Waals surface area contributed by atoms with E-state index < -0.39 is 0 Å². The summed E-state index contributed by atoms with van der Waals surface area (Å²) in [6, 6.07) is 13.6. The number of anilines is 1. The van der Waals surface area contributed by atoms with Gasteiger partial charge in [-0.3, -0.25) is 14.6 Å². The highest BCUT2D eigenvalue weighted by molar-refractivity contribution is 5.95. The minimum Gasteiger partial charge on any atom is -0.339 e. The molecule has 1 aromatic carbocycles. The predicted octanol–water partition coefficient (Wildman–Crippen LogP) is 2.91. The fraction of sp³-hybridized carbons (Fsp3) is 0.381. The molecule has 5 nitrogen and oxygen atoms in total. The van der Waals surface area contributed by atoms with Crippen molar-refractivity contribution in [3.63, 3.8) is 0 Å². The maximum absolute atomic E-state index is 12.4. The number of hydrogen-bond donors (Lipinski definition) is 0. The molecule has 1 atom stereocenters. The van der Waals surface area contributed by atoms with Crippen molar-refractivity contribution >= 4 is 17.5 Å². The van der Waals surface area contributed by atoms with Gasteiger partial charge in [-0.05, 0) is 49.4 Å². The van der Waals surface area contributed by atoms with Crippen LogP contribution in [0, 0.1) is 5.92 Å². The lowest BCUT2D eigenvalue weighted by molar-refractivity contribution is -0.117. The van der Waals surface area contributed by atoms with Gasteiger partial charge in [-0.25, -0.2) is 0 Å². The Labute approximate surface area is 153 Å². The molecule has 2 saturated heterocycles. The first-order chi connectivity index (χ1) is 12.7. The van der Waals surface area contributed by atoms with Crippen molar-refractivity contribution in [2.24, 2.45) is 5.92 Å². The summed E-state index contributed by atoms with van der Waals surface area (Å²) in [7, 11) is 0. The number of amides is 2. The zero-order valence-corrected chi connectivity index (χ0v) is 14.8. The van der Waals surface area contributed by atoms with Crippen molar-refractivity contribution in [3.05, 3.63) is 59.9 Å². The Morgan fingerprint density at radius 2 is 1.85 bits per heavy atom. The molecule has 0 N–H and O–H groups in total. The maximum atomic E-state index is 12.4. The number of rotatable bonds is 4. The maximum Gasteiger partial charge on any atom is 0.255 e. The normalized spacial score (nSPS) is 20.0. The van der Waals surface area contributed by atoms with Crippen LogP contribution >= 0.6 is 0 Å². The molecular formula is C21H23N3O2. The topological polar surface area (TPSA) is 53.5 Å². The van der Waals surface area contributed by atoms with Crippen LogP contribution in [-0.2, 0) is 11.2 Å². The number of para-hydroxylation sites is 1. The predicted molar refractivity (Wildman–Crippen MR) is 100.0 cm³/mol. The van der Waals surface area contributed by atoms with Crippen LogP contribution < -0.4 is 4.90 Å². The molecule has 2 aliphatic heterocycles. The zero-order valence-electron chi connectivity index (χ0n) is 14.8. The van der Waals surface area contributed by atoms with Crippen LogP contribution in [0.3, 0.4) is 0 Å². The summed E-state index contributed by atoms with van der Waals surface area (Å²) < 4.78 is 0. The third-order valence-electron chi connectivity index (χ3n) is 5.24. The average molecular weight is 349 g/mol. The number of carbonyl (C=O) groups excluding carboxylic acids is 2. The zero-order chi connectivity index (χ0) is 17.9. The Morgan fingerprint density at radius 1 is 1.08 bits per heavy atom. The van der Waals surface area contributed by atoms with Crippen molar-refractivity contribution in [1.82, 2.24) is 9.88 Å². The summed E-state index contributed by atoms with van der Waals surface area (Å²) in [5, 5.41) is 0. The SMILES string of the molecule is O=C(c1ccc(C[C@H]2CC(=O)N(c3ccccc3)C2)nc1)N1CCCC1. The number of hydrogen-bond acceptors (Lipinski definition) is 3. The second-order valence-corrected chi connectivity index (χ2v) is 7.15. The summed E-state index contributed by atoms with van der Waals surface area (Å²) >= 11 is 0. The highest BCUT2D eigenvalue weighted by Gasteiger charge is 2.30. The molecule has 2 amide bonds. The van der Waals surface area contributed by atoms with Crippen LogP contribution in [0.15, 0.2) is 48.7 Å². The third-order valence-corrected chi connectivity index (χ3v) is 5.24. The van der Waals surface area contributed by atoms with Crippen molar-refractivity contribution in [3.8, 4) is 0 Å². The molecule has 4 rings (SSSR count). The van der Waals surface area contributed by atoms with Gasteiger partial charge in [0.2, 0.25) is 5.91 Å². The van der Waals surface area contributed by atoms with Crippen LogP contribution in [-0.4, -0.2) is 41.3 Å².